The zero-order chi connectivity index (χ0) is 13.1. The Morgan fingerprint density at radius 2 is 2.06 bits per heavy atom. The van der Waals surface area contributed by atoms with E-state index in [4.69, 9.17) is 0 Å². The van der Waals surface area contributed by atoms with E-state index in [0.29, 0.717) is 18.9 Å². The molecule has 2 bridgehead atoms. The van der Waals surface area contributed by atoms with Crippen molar-refractivity contribution in [3.05, 3.63) is 0 Å². The van der Waals surface area contributed by atoms with Crippen molar-refractivity contribution in [2.24, 2.45) is 17.8 Å². The van der Waals surface area contributed by atoms with Crippen LogP contribution in [-0.2, 0) is 9.59 Å². The quantitative estimate of drug-likeness (QED) is 0.778. The second kappa shape index (κ2) is 5.72. The Labute approximate surface area is 109 Å². The smallest absolute Gasteiger partial charge is 0.242 e. The third-order valence-electron chi connectivity index (χ3n) is 4.45. The van der Waals surface area contributed by atoms with Gasteiger partial charge in [-0.05, 0) is 50.9 Å². The number of carbonyl (C=O) groups excluding carboxylic acids is 2. The van der Waals surface area contributed by atoms with Gasteiger partial charge in [0.25, 0.3) is 0 Å². The summed E-state index contributed by atoms with van der Waals surface area (Å²) in [5, 5.41) is 5.52. The summed E-state index contributed by atoms with van der Waals surface area (Å²) < 4.78 is 0. The van der Waals surface area contributed by atoms with Crippen LogP contribution in [0.2, 0.25) is 0 Å². The fourth-order valence-corrected chi connectivity index (χ4v) is 3.56. The van der Waals surface area contributed by atoms with E-state index in [1.165, 1.54) is 25.7 Å². The molecule has 0 aromatic heterocycles. The van der Waals surface area contributed by atoms with Gasteiger partial charge in [0.2, 0.25) is 11.8 Å². The van der Waals surface area contributed by atoms with Gasteiger partial charge in [-0.2, -0.15) is 0 Å². The van der Waals surface area contributed by atoms with Gasteiger partial charge in [-0.15, -0.1) is 0 Å². The molecule has 4 heteroatoms. The minimum Gasteiger partial charge on any atom is -0.355 e. The maximum Gasteiger partial charge on any atom is 0.242 e. The van der Waals surface area contributed by atoms with Crippen LogP contribution in [0.15, 0.2) is 0 Å². The summed E-state index contributed by atoms with van der Waals surface area (Å²) in [5.41, 5.74) is 0. The van der Waals surface area contributed by atoms with Crippen LogP contribution in [0.3, 0.4) is 0 Å². The Morgan fingerprint density at radius 3 is 2.61 bits per heavy atom. The third-order valence-corrected chi connectivity index (χ3v) is 4.45. The van der Waals surface area contributed by atoms with E-state index in [2.05, 4.69) is 10.6 Å². The molecule has 2 saturated carbocycles. The number of hydrogen-bond donors (Lipinski definition) is 2. The highest BCUT2D eigenvalue weighted by Crippen LogP contribution is 2.49. The molecule has 0 saturated heterocycles. The number of hydrogen-bond acceptors (Lipinski definition) is 2. The Bertz CT molecular complexity index is 330. The van der Waals surface area contributed by atoms with Crippen molar-refractivity contribution in [2.45, 2.75) is 52.0 Å². The molecule has 0 spiro atoms. The number of nitrogens with one attached hydrogen (secondary N) is 2. The van der Waals surface area contributed by atoms with E-state index in [9.17, 15) is 9.59 Å². The van der Waals surface area contributed by atoms with Crippen molar-refractivity contribution >= 4 is 11.8 Å². The molecule has 2 rings (SSSR count). The molecule has 0 aromatic rings. The van der Waals surface area contributed by atoms with Crippen molar-refractivity contribution in [1.29, 1.82) is 0 Å². The highest BCUT2D eigenvalue weighted by molar-refractivity contribution is 5.87. The molecule has 2 aliphatic carbocycles. The third kappa shape index (κ3) is 3.03. The van der Waals surface area contributed by atoms with Crippen LogP contribution in [0.5, 0.6) is 0 Å². The second-order valence-electron chi connectivity index (χ2n) is 5.82. The maximum atomic E-state index is 11.9. The fourth-order valence-electron chi connectivity index (χ4n) is 3.56. The van der Waals surface area contributed by atoms with Gasteiger partial charge >= 0.3 is 0 Å². The summed E-state index contributed by atoms with van der Waals surface area (Å²) in [5.74, 6) is 2.13. The van der Waals surface area contributed by atoms with Gasteiger partial charge in [0.15, 0.2) is 0 Å². The molecule has 4 atom stereocenters. The topological polar surface area (TPSA) is 58.2 Å². The predicted octanol–water partition coefficient (Wildman–Crippen LogP) is 1.45. The Kier molecular flexibility index (Phi) is 4.25. The van der Waals surface area contributed by atoms with Crippen molar-refractivity contribution in [3.8, 4) is 0 Å². The van der Waals surface area contributed by atoms with Gasteiger partial charge in [0, 0.05) is 13.0 Å². The summed E-state index contributed by atoms with van der Waals surface area (Å²) in [4.78, 5) is 23.4. The number of rotatable bonds is 5. The van der Waals surface area contributed by atoms with Crippen LogP contribution in [0.4, 0.5) is 0 Å². The number of carbonyl (C=O) groups is 2. The molecule has 2 N–H and O–H groups in total. The van der Waals surface area contributed by atoms with E-state index in [1.807, 2.05) is 6.92 Å². The normalized spacial score (nSPS) is 31.1. The van der Waals surface area contributed by atoms with E-state index in [-0.39, 0.29) is 11.8 Å². The highest BCUT2D eigenvalue weighted by atomic mass is 16.2. The molecule has 2 amide bonds. The number of fused-ring (bicyclic) bond motifs is 2. The second-order valence-corrected chi connectivity index (χ2v) is 5.82. The summed E-state index contributed by atoms with van der Waals surface area (Å²) in [6.07, 6.45) is 5.80. The molecule has 2 aliphatic rings. The van der Waals surface area contributed by atoms with Gasteiger partial charge < -0.3 is 10.6 Å². The first-order valence-electron chi connectivity index (χ1n) is 7.17. The summed E-state index contributed by atoms with van der Waals surface area (Å²) >= 11 is 0. The monoisotopic (exact) mass is 252 g/mol. The van der Waals surface area contributed by atoms with E-state index < -0.39 is 6.04 Å². The standard InChI is InChI=1S/C14H24N2O2/c1-3-15-14(18)9(2)16-13(17)8-12-7-10-4-5-11(12)6-10/h9-12H,3-8H2,1-2H3,(H,15,18)(H,16,17). The van der Waals surface area contributed by atoms with E-state index in [1.54, 1.807) is 6.92 Å². The average Bonchev–Trinajstić information content (AvgIpc) is 2.90. The summed E-state index contributed by atoms with van der Waals surface area (Å²) in [6, 6.07) is -0.420. The summed E-state index contributed by atoms with van der Waals surface area (Å²) in [6.45, 7) is 4.22. The first-order valence-corrected chi connectivity index (χ1v) is 7.17. The van der Waals surface area contributed by atoms with Crippen LogP contribution in [0, 0.1) is 17.8 Å². The zero-order valence-electron chi connectivity index (χ0n) is 11.4. The Hall–Kier alpha value is -1.06. The van der Waals surface area contributed by atoms with Gasteiger partial charge in [-0.1, -0.05) is 6.42 Å². The first-order chi connectivity index (χ1) is 8.60. The molecular formula is C14H24N2O2. The van der Waals surface area contributed by atoms with Crippen molar-refractivity contribution < 1.29 is 9.59 Å². The highest BCUT2D eigenvalue weighted by Gasteiger charge is 2.40. The van der Waals surface area contributed by atoms with Crippen molar-refractivity contribution in [2.75, 3.05) is 6.54 Å². The average molecular weight is 252 g/mol. The SMILES string of the molecule is CCNC(=O)C(C)NC(=O)CC1CC2CCC1C2. The molecule has 102 valence electrons. The molecule has 4 nitrogen and oxygen atoms in total. The Balaban J connectivity index is 1.73. The predicted molar refractivity (Wildman–Crippen MR) is 69.8 cm³/mol. The molecular weight excluding hydrogens is 228 g/mol. The van der Waals surface area contributed by atoms with Crippen molar-refractivity contribution in [1.82, 2.24) is 10.6 Å². The maximum absolute atomic E-state index is 11.9. The molecule has 2 fully saturated rings. The van der Waals surface area contributed by atoms with Crippen molar-refractivity contribution in [3.63, 3.8) is 0 Å². The van der Waals surface area contributed by atoms with E-state index >= 15 is 0 Å². The minimum atomic E-state index is -0.420. The van der Waals surface area contributed by atoms with Crippen LogP contribution < -0.4 is 10.6 Å². The number of likely N-dealkylation sites (N-methyl/N-ethyl adjacent to an activating group) is 1. The van der Waals surface area contributed by atoms with Gasteiger partial charge in [0.1, 0.15) is 6.04 Å². The van der Waals surface area contributed by atoms with Crippen LogP contribution in [0.25, 0.3) is 0 Å². The lowest BCUT2D eigenvalue weighted by molar-refractivity contribution is -0.129. The fraction of sp³-hybridized carbons (Fsp3) is 0.857. The van der Waals surface area contributed by atoms with Gasteiger partial charge in [-0.3, -0.25) is 9.59 Å². The van der Waals surface area contributed by atoms with E-state index in [0.717, 1.165) is 11.8 Å². The largest absolute Gasteiger partial charge is 0.355 e. The van der Waals surface area contributed by atoms with Gasteiger partial charge in [-0.25, -0.2) is 0 Å². The molecule has 4 unspecified atom stereocenters. The molecule has 0 radical (unpaired) electrons. The van der Waals surface area contributed by atoms with Crippen LogP contribution >= 0.6 is 0 Å². The molecule has 18 heavy (non-hydrogen) atoms. The molecule has 0 aromatic carbocycles. The van der Waals surface area contributed by atoms with Gasteiger partial charge in [0.05, 0.1) is 0 Å². The first kappa shape index (κ1) is 13.4. The minimum absolute atomic E-state index is 0.0336. The lowest BCUT2D eigenvalue weighted by Crippen LogP contribution is -2.45. The summed E-state index contributed by atoms with van der Waals surface area (Å²) in [7, 11) is 0. The molecule has 0 heterocycles. The lowest BCUT2D eigenvalue weighted by atomic mass is 9.86. The number of amides is 2. The zero-order valence-corrected chi connectivity index (χ0v) is 11.4. The van der Waals surface area contributed by atoms with Crippen LogP contribution in [0.1, 0.15) is 46.0 Å². The van der Waals surface area contributed by atoms with Crippen LogP contribution in [-0.4, -0.2) is 24.4 Å². The molecule has 0 aliphatic heterocycles. The Morgan fingerprint density at radius 1 is 1.28 bits per heavy atom. The lowest BCUT2D eigenvalue weighted by Gasteiger charge is -2.22.